The van der Waals surface area contributed by atoms with Gasteiger partial charge in [0, 0.05) is 19.0 Å². The number of carbonyl (C=O) groups is 2. The van der Waals surface area contributed by atoms with Crippen LogP contribution < -0.4 is 5.54 Å². The average Bonchev–Trinajstić information content (AvgIpc) is 3.10. The molecule has 2 atom stereocenters. The molecular formula is C15H16F2N4O4. The van der Waals surface area contributed by atoms with Gasteiger partial charge in [-0.25, -0.2) is 9.78 Å². The highest BCUT2D eigenvalue weighted by atomic mass is 19.2. The Balaban J connectivity index is 2.11. The normalized spacial score (nSPS) is 13.2. The maximum absolute atomic E-state index is 14.4. The molecule has 1 heterocycles. The quantitative estimate of drug-likeness (QED) is 0.523. The van der Waals surface area contributed by atoms with Crippen LogP contribution in [0.1, 0.15) is 11.3 Å². The first-order valence-electron chi connectivity index (χ1n) is 7.25. The second-order valence-electron chi connectivity index (χ2n) is 5.30. The predicted octanol–water partition coefficient (Wildman–Crippen LogP) is 0.910. The molecule has 134 valence electrons. The van der Waals surface area contributed by atoms with Gasteiger partial charge in [-0.1, -0.05) is 16.6 Å². The highest BCUT2D eigenvalue weighted by Crippen LogP contribution is 2.16. The topological polar surface area (TPSA) is 119 Å². The number of aromatic hydroxyl groups is 1. The molecule has 2 unspecified atom stereocenters. The molecule has 0 spiro atoms. The fraction of sp³-hybridized carbons (Fsp3) is 0.267. The van der Waals surface area contributed by atoms with Gasteiger partial charge in [-0.15, -0.1) is 10.0 Å². The van der Waals surface area contributed by atoms with Crippen molar-refractivity contribution in [3.63, 3.8) is 0 Å². The summed E-state index contributed by atoms with van der Waals surface area (Å²) in [7, 11) is 0. The number of imidazole rings is 1. The zero-order valence-electron chi connectivity index (χ0n) is 12.9. The third-order valence-electron chi connectivity index (χ3n) is 3.53. The van der Waals surface area contributed by atoms with E-state index >= 15 is 0 Å². The van der Waals surface area contributed by atoms with Gasteiger partial charge in [0.25, 0.3) is 5.91 Å². The van der Waals surface area contributed by atoms with E-state index in [0.717, 1.165) is 0 Å². The number of halogens is 2. The van der Waals surface area contributed by atoms with Crippen LogP contribution in [0.3, 0.4) is 0 Å². The minimum absolute atomic E-state index is 0.0375. The molecule has 0 aliphatic rings. The van der Waals surface area contributed by atoms with E-state index in [1.165, 1.54) is 42.3 Å². The Kier molecular flexibility index (Phi) is 6.01. The van der Waals surface area contributed by atoms with E-state index in [4.69, 9.17) is 0 Å². The third-order valence-corrected chi connectivity index (χ3v) is 3.53. The van der Waals surface area contributed by atoms with Crippen molar-refractivity contribution >= 4 is 11.9 Å². The monoisotopic (exact) mass is 354 g/mol. The van der Waals surface area contributed by atoms with Crippen molar-refractivity contribution in [2.24, 2.45) is 0 Å². The maximum Gasteiger partial charge on any atom is 0.329 e. The fourth-order valence-corrected chi connectivity index (χ4v) is 2.21. The van der Waals surface area contributed by atoms with Gasteiger partial charge in [0.05, 0.1) is 12.0 Å². The summed E-state index contributed by atoms with van der Waals surface area (Å²) in [6.07, 6.45) is 2.11. The minimum Gasteiger partial charge on any atom is -0.508 e. The molecule has 0 saturated heterocycles. The lowest BCUT2D eigenvalue weighted by Gasteiger charge is -2.23. The molecule has 1 amide bonds. The van der Waals surface area contributed by atoms with E-state index in [1.54, 1.807) is 0 Å². The standard InChI is InChI=1S/C15H16F2N4O4/c16-20-12(6-10-7-18-8-19-10)14(23)21(17)13(15(24)25)5-9-1-3-11(22)4-2-9/h1-4,7-8,12-13,20,22H,5-6H2,(H,18,19)(H,24,25). The van der Waals surface area contributed by atoms with E-state index in [1.807, 2.05) is 0 Å². The number of carbonyl (C=O) groups excluding carboxylic acids is 1. The molecule has 4 N–H and O–H groups in total. The number of carboxylic acid groups (broad SMARTS) is 1. The molecule has 2 aromatic rings. The van der Waals surface area contributed by atoms with Crippen molar-refractivity contribution in [2.45, 2.75) is 24.9 Å². The Morgan fingerprint density at radius 3 is 2.48 bits per heavy atom. The minimum atomic E-state index is -1.84. The summed E-state index contributed by atoms with van der Waals surface area (Å²) in [4.78, 5) is 29.8. The number of aromatic nitrogens is 2. The molecule has 10 heteroatoms. The van der Waals surface area contributed by atoms with Gasteiger partial charge >= 0.3 is 5.97 Å². The number of benzene rings is 1. The first-order chi connectivity index (χ1) is 11.9. The number of phenols is 1. The molecule has 0 aliphatic carbocycles. The zero-order chi connectivity index (χ0) is 18.4. The number of H-pyrrole nitrogens is 1. The van der Waals surface area contributed by atoms with Crippen LogP contribution in [0.5, 0.6) is 5.75 Å². The van der Waals surface area contributed by atoms with Gasteiger partial charge in [-0.05, 0) is 17.7 Å². The second kappa shape index (κ2) is 8.20. The predicted molar refractivity (Wildman–Crippen MR) is 81.5 cm³/mol. The number of carboxylic acids is 1. The summed E-state index contributed by atoms with van der Waals surface area (Å²) in [5, 5.41) is 17.9. The number of hydrogen-bond donors (Lipinski definition) is 4. The Labute approximate surface area is 141 Å². The van der Waals surface area contributed by atoms with E-state index in [-0.39, 0.29) is 18.6 Å². The van der Waals surface area contributed by atoms with Crippen LogP contribution in [-0.2, 0) is 22.4 Å². The van der Waals surface area contributed by atoms with E-state index in [0.29, 0.717) is 11.3 Å². The third kappa shape index (κ3) is 4.73. The number of hydrogen-bond acceptors (Lipinski definition) is 5. The Hall–Kier alpha value is -3.01. The van der Waals surface area contributed by atoms with Crippen LogP contribution in [0.2, 0.25) is 0 Å². The molecule has 1 aromatic carbocycles. The summed E-state index contributed by atoms with van der Waals surface area (Å²) in [5.74, 6) is -2.98. The number of aliphatic carboxylic acids is 1. The molecule has 0 fully saturated rings. The summed E-state index contributed by atoms with van der Waals surface area (Å²) in [5.41, 5.74) is 1.87. The van der Waals surface area contributed by atoms with E-state index in [9.17, 15) is 28.8 Å². The van der Waals surface area contributed by atoms with Crippen molar-refractivity contribution < 1.29 is 28.8 Å². The van der Waals surface area contributed by atoms with Crippen LogP contribution in [0, 0.1) is 0 Å². The largest absolute Gasteiger partial charge is 0.508 e. The molecule has 2 rings (SSSR count). The summed E-state index contributed by atoms with van der Waals surface area (Å²) >= 11 is 0. The van der Waals surface area contributed by atoms with E-state index < -0.39 is 29.1 Å². The second-order valence-corrected chi connectivity index (χ2v) is 5.30. The molecule has 0 bridgehead atoms. The van der Waals surface area contributed by atoms with Crippen molar-refractivity contribution in [2.75, 3.05) is 0 Å². The van der Waals surface area contributed by atoms with Crippen LogP contribution in [0.15, 0.2) is 36.8 Å². The van der Waals surface area contributed by atoms with Gasteiger partial charge in [-0.2, -0.15) is 5.12 Å². The molecule has 8 nitrogen and oxygen atoms in total. The van der Waals surface area contributed by atoms with Gasteiger partial charge in [0.1, 0.15) is 11.8 Å². The number of amides is 1. The zero-order valence-corrected chi connectivity index (χ0v) is 12.9. The molecular weight excluding hydrogens is 338 g/mol. The summed E-state index contributed by atoms with van der Waals surface area (Å²) in [6.45, 7) is 0. The molecule has 0 radical (unpaired) electrons. The number of nitrogens with one attached hydrogen (secondary N) is 2. The Morgan fingerprint density at radius 1 is 1.28 bits per heavy atom. The lowest BCUT2D eigenvalue weighted by molar-refractivity contribution is -0.168. The lowest BCUT2D eigenvalue weighted by atomic mass is 10.0. The van der Waals surface area contributed by atoms with Crippen molar-refractivity contribution in [1.29, 1.82) is 0 Å². The Morgan fingerprint density at radius 2 is 1.96 bits per heavy atom. The number of phenolic OH excluding ortho intramolecular Hbond substituents is 1. The lowest BCUT2D eigenvalue weighted by Crippen LogP contribution is -2.49. The number of aromatic amines is 1. The Bertz CT molecular complexity index is 709. The maximum atomic E-state index is 14.4. The molecule has 25 heavy (non-hydrogen) atoms. The van der Waals surface area contributed by atoms with Crippen molar-refractivity contribution in [3.8, 4) is 5.75 Å². The molecule has 0 saturated carbocycles. The number of nitrogens with zero attached hydrogens (tertiary/aromatic N) is 2. The highest BCUT2D eigenvalue weighted by molar-refractivity contribution is 5.86. The van der Waals surface area contributed by atoms with E-state index in [2.05, 4.69) is 9.97 Å². The highest BCUT2D eigenvalue weighted by Gasteiger charge is 2.35. The fourth-order valence-electron chi connectivity index (χ4n) is 2.21. The van der Waals surface area contributed by atoms with Crippen LogP contribution >= 0.6 is 0 Å². The van der Waals surface area contributed by atoms with Crippen LogP contribution in [0.4, 0.5) is 8.96 Å². The van der Waals surface area contributed by atoms with Gasteiger partial charge in [-0.3, -0.25) is 4.79 Å². The van der Waals surface area contributed by atoms with Crippen molar-refractivity contribution in [1.82, 2.24) is 20.6 Å². The number of rotatable bonds is 8. The van der Waals surface area contributed by atoms with Crippen LogP contribution in [0.25, 0.3) is 0 Å². The van der Waals surface area contributed by atoms with Gasteiger partial charge in [0.2, 0.25) is 0 Å². The SMILES string of the molecule is O=C(O)C(Cc1ccc(O)cc1)N(F)C(=O)C(Cc1c[nH]cn1)NF. The van der Waals surface area contributed by atoms with Gasteiger partial charge in [0.15, 0.2) is 6.04 Å². The summed E-state index contributed by atoms with van der Waals surface area (Å²) in [6, 6.07) is 1.96. The van der Waals surface area contributed by atoms with Crippen LogP contribution in [-0.4, -0.2) is 49.3 Å². The molecule has 0 aliphatic heterocycles. The molecule has 1 aromatic heterocycles. The van der Waals surface area contributed by atoms with Crippen molar-refractivity contribution in [3.05, 3.63) is 48.0 Å². The smallest absolute Gasteiger partial charge is 0.329 e. The van der Waals surface area contributed by atoms with Gasteiger partial charge < -0.3 is 15.2 Å². The first-order valence-corrected chi connectivity index (χ1v) is 7.25. The first kappa shape index (κ1) is 18.3. The summed E-state index contributed by atoms with van der Waals surface area (Å²) < 4.78 is 27.3. The average molecular weight is 354 g/mol.